The number of aromatic hydroxyl groups is 1. The number of aromatic nitrogens is 3. The second kappa shape index (κ2) is 6.94. The van der Waals surface area contributed by atoms with Gasteiger partial charge in [0.25, 0.3) is 0 Å². The molecular formula is C19H24N5O2S+. The molecule has 1 amide bonds. The monoisotopic (exact) mass is 386 g/mol. The average Bonchev–Trinajstić information content (AvgIpc) is 3.15. The normalized spacial score (nSPS) is 16.8. The van der Waals surface area contributed by atoms with E-state index in [1.54, 1.807) is 6.92 Å². The van der Waals surface area contributed by atoms with Crippen LogP contribution in [-0.2, 0) is 4.79 Å². The second-order valence-corrected chi connectivity index (χ2v) is 8.11. The van der Waals surface area contributed by atoms with Crippen LogP contribution in [0.3, 0.4) is 0 Å². The van der Waals surface area contributed by atoms with Gasteiger partial charge in [0.05, 0.1) is 26.2 Å². The molecule has 7 nitrogen and oxygen atoms in total. The number of piperazine rings is 1. The first-order chi connectivity index (χ1) is 13.0. The van der Waals surface area contributed by atoms with Crippen LogP contribution in [-0.4, -0.2) is 56.7 Å². The summed E-state index contributed by atoms with van der Waals surface area (Å²) >= 11 is 1.50. The number of thiazole rings is 1. The van der Waals surface area contributed by atoms with Gasteiger partial charge >= 0.3 is 0 Å². The lowest BCUT2D eigenvalue weighted by Gasteiger charge is -2.36. The zero-order valence-corrected chi connectivity index (χ0v) is 16.6. The molecule has 8 heteroatoms. The average molecular weight is 387 g/mol. The zero-order valence-electron chi connectivity index (χ0n) is 15.8. The van der Waals surface area contributed by atoms with Crippen LogP contribution in [0.1, 0.15) is 34.8 Å². The van der Waals surface area contributed by atoms with Crippen molar-refractivity contribution in [1.29, 1.82) is 0 Å². The summed E-state index contributed by atoms with van der Waals surface area (Å²) in [4.78, 5) is 20.9. The fraction of sp³-hybridized carbons (Fsp3) is 0.421. The quantitative estimate of drug-likeness (QED) is 0.703. The molecule has 1 saturated heterocycles. The van der Waals surface area contributed by atoms with E-state index >= 15 is 0 Å². The SMILES string of the molecule is CC(=O)N1CC[NH+]([C@@H](c2ccccc2C)c2sc3nc(C)nn3c2O)CC1. The predicted molar refractivity (Wildman–Crippen MR) is 103 cm³/mol. The maximum absolute atomic E-state index is 11.7. The van der Waals surface area contributed by atoms with E-state index in [1.165, 1.54) is 31.9 Å². The van der Waals surface area contributed by atoms with Crippen molar-refractivity contribution >= 4 is 22.2 Å². The number of carbonyl (C=O) groups excluding carboxylic acids is 1. The van der Waals surface area contributed by atoms with Crippen LogP contribution in [0, 0.1) is 13.8 Å². The molecule has 3 aromatic rings. The van der Waals surface area contributed by atoms with Crippen LogP contribution in [0.5, 0.6) is 5.88 Å². The van der Waals surface area contributed by atoms with Crippen LogP contribution >= 0.6 is 11.3 Å². The lowest BCUT2D eigenvalue weighted by atomic mass is 9.98. The van der Waals surface area contributed by atoms with E-state index in [9.17, 15) is 9.90 Å². The van der Waals surface area contributed by atoms with Crippen molar-refractivity contribution in [2.75, 3.05) is 26.2 Å². The van der Waals surface area contributed by atoms with Gasteiger partial charge in [0, 0.05) is 12.5 Å². The van der Waals surface area contributed by atoms with E-state index in [1.807, 2.05) is 24.0 Å². The molecular weight excluding hydrogens is 362 g/mol. The van der Waals surface area contributed by atoms with Gasteiger partial charge in [-0.2, -0.15) is 4.52 Å². The van der Waals surface area contributed by atoms with Crippen molar-refractivity contribution in [2.24, 2.45) is 0 Å². The van der Waals surface area contributed by atoms with E-state index in [-0.39, 0.29) is 17.8 Å². The van der Waals surface area contributed by atoms with Gasteiger partial charge < -0.3 is 14.9 Å². The third-order valence-corrected chi connectivity index (χ3v) is 6.41. The summed E-state index contributed by atoms with van der Waals surface area (Å²) in [5, 5.41) is 15.2. The van der Waals surface area contributed by atoms with Gasteiger partial charge in [0.15, 0.2) is 6.04 Å². The minimum absolute atomic E-state index is 0.00545. The predicted octanol–water partition coefficient (Wildman–Crippen LogP) is 0.950. The summed E-state index contributed by atoms with van der Waals surface area (Å²) < 4.78 is 1.53. The van der Waals surface area contributed by atoms with E-state index in [4.69, 9.17) is 0 Å². The zero-order chi connectivity index (χ0) is 19.1. The van der Waals surface area contributed by atoms with Crippen molar-refractivity contribution in [2.45, 2.75) is 26.8 Å². The summed E-state index contributed by atoms with van der Waals surface area (Å²) in [5.41, 5.74) is 2.39. The van der Waals surface area contributed by atoms with Crippen molar-refractivity contribution in [3.8, 4) is 5.88 Å². The molecule has 1 aliphatic heterocycles. The van der Waals surface area contributed by atoms with Gasteiger partial charge in [-0.05, 0) is 19.4 Å². The van der Waals surface area contributed by atoms with E-state index in [0.717, 1.165) is 31.1 Å². The van der Waals surface area contributed by atoms with Crippen molar-refractivity contribution in [3.05, 3.63) is 46.1 Å². The first-order valence-corrected chi connectivity index (χ1v) is 9.98. The highest BCUT2D eigenvalue weighted by atomic mass is 32.1. The Balaban J connectivity index is 1.77. The Morgan fingerprint density at radius 3 is 2.59 bits per heavy atom. The molecule has 0 spiro atoms. The van der Waals surface area contributed by atoms with Gasteiger partial charge in [-0.25, -0.2) is 4.98 Å². The van der Waals surface area contributed by atoms with Gasteiger partial charge in [0.2, 0.25) is 16.7 Å². The Kier molecular flexibility index (Phi) is 4.61. The highest BCUT2D eigenvalue weighted by Gasteiger charge is 2.36. The topological polar surface area (TPSA) is 75.2 Å². The van der Waals surface area contributed by atoms with Gasteiger partial charge in [-0.15, -0.1) is 5.10 Å². The molecule has 0 radical (unpaired) electrons. The number of hydrogen-bond acceptors (Lipinski definition) is 5. The molecule has 1 fully saturated rings. The highest BCUT2D eigenvalue weighted by Crippen LogP contribution is 2.35. The molecule has 0 unspecified atom stereocenters. The van der Waals surface area contributed by atoms with Crippen LogP contribution in [0.15, 0.2) is 24.3 Å². The molecule has 0 bridgehead atoms. The first kappa shape index (κ1) is 17.9. The third-order valence-electron chi connectivity index (χ3n) is 5.33. The number of carbonyl (C=O) groups is 1. The van der Waals surface area contributed by atoms with Crippen LogP contribution in [0.2, 0.25) is 0 Å². The summed E-state index contributed by atoms with van der Waals surface area (Å²) in [6.07, 6.45) is 0. The van der Waals surface area contributed by atoms with Crippen LogP contribution in [0.25, 0.3) is 4.96 Å². The Morgan fingerprint density at radius 2 is 1.96 bits per heavy atom. The minimum atomic E-state index is -0.00545. The number of nitrogens with one attached hydrogen (secondary N) is 1. The molecule has 1 aliphatic rings. The molecule has 2 aromatic heterocycles. The van der Waals surface area contributed by atoms with Crippen LogP contribution < -0.4 is 4.90 Å². The number of hydrogen-bond donors (Lipinski definition) is 2. The maximum Gasteiger partial charge on any atom is 0.235 e. The number of rotatable bonds is 3. The Hall–Kier alpha value is -2.45. The number of quaternary nitrogens is 1. The fourth-order valence-electron chi connectivity index (χ4n) is 3.89. The molecule has 2 N–H and O–H groups in total. The van der Waals surface area contributed by atoms with Crippen molar-refractivity contribution in [3.63, 3.8) is 0 Å². The van der Waals surface area contributed by atoms with Crippen LogP contribution in [0.4, 0.5) is 0 Å². The van der Waals surface area contributed by atoms with Gasteiger partial charge in [0.1, 0.15) is 10.7 Å². The van der Waals surface area contributed by atoms with Crippen molar-refractivity contribution < 1.29 is 14.8 Å². The third kappa shape index (κ3) is 3.19. The standard InChI is InChI=1S/C19H23N5O2S/c1-12-6-4-5-7-15(12)16(23-10-8-22(9-11-23)14(3)25)17-18(26)24-19(27-17)20-13(2)21-24/h4-7,16,26H,8-11H2,1-3H3/p+1/t16-/m0/s1. The molecule has 0 saturated carbocycles. The number of amides is 1. The summed E-state index contributed by atoms with van der Waals surface area (Å²) in [5.74, 6) is 0.946. The van der Waals surface area contributed by atoms with Gasteiger partial charge in [-0.1, -0.05) is 35.6 Å². The molecule has 142 valence electrons. The Bertz CT molecular complexity index is 987. The van der Waals surface area contributed by atoms with Gasteiger partial charge in [-0.3, -0.25) is 4.79 Å². The largest absolute Gasteiger partial charge is 0.492 e. The molecule has 1 aromatic carbocycles. The second-order valence-electron chi connectivity index (χ2n) is 7.10. The molecule has 1 atom stereocenters. The molecule has 27 heavy (non-hydrogen) atoms. The Morgan fingerprint density at radius 1 is 1.26 bits per heavy atom. The lowest BCUT2D eigenvalue weighted by Crippen LogP contribution is -3.15. The summed E-state index contributed by atoms with van der Waals surface area (Å²) in [6, 6.07) is 8.30. The number of nitrogens with zero attached hydrogens (tertiary/aromatic N) is 4. The molecule has 4 rings (SSSR count). The lowest BCUT2D eigenvalue weighted by molar-refractivity contribution is -0.929. The minimum Gasteiger partial charge on any atom is -0.492 e. The first-order valence-electron chi connectivity index (χ1n) is 9.16. The van der Waals surface area contributed by atoms with E-state index < -0.39 is 0 Å². The number of fused-ring (bicyclic) bond motifs is 1. The van der Waals surface area contributed by atoms with E-state index in [2.05, 4.69) is 29.1 Å². The summed E-state index contributed by atoms with van der Waals surface area (Å²) in [7, 11) is 0. The number of aryl methyl sites for hydroxylation is 2. The maximum atomic E-state index is 11.7. The van der Waals surface area contributed by atoms with E-state index in [0.29, 0.717) is 10.8 Å². The molecule has 3 heterocycles. The smallest absolute Gasteiger partial charge is 0.235 e. The highest BCUT2D eigenvalue weighted by molar-refractivity contribution is 7.17. The molecule has 0 aliphatic carbocycles. The number of benzene rings is 1. The Labute approximate surface area is 161 Å². The fourth-order valence-corrected chi connectivity index (χ4v) is 5.07. The van der Waals surface area contributed by atoms with Crippen molar-refractivity contribution in [1.82, 2.24) is 19.5 Å². The summed E-state index contributed by atoms with van der Waals surface area (Å²) in [6.45, 7) is 8.68.